The fourth-order valence-electron chi connectivity index (χ4n) is 3.09. The molecule has 1 aromatic heterocycles. The number of carbonyl (C=O) groups is 1. The lowest BCUT2D eigenvalue weighted by molar-refractivity contribution is -0.192. The van der Waals surface area contributed by atoms with E-state index in [0.717, 1.165) is 6.07 Å². The Balaban J connectivity index is 1.79. The molecule has 1 aliphatic heterocycles. The molecular weight excluding hydrogens is 466 g/mol. The Morgan fingerprint density at radius 2 is 1.91 bits per heavy atom. The number of amides is 1. The van der Waals surface area contributed by atoms with Gasteiger partial charge in [-0.15, -0.1) is 0 Å². The lowest BCUT2D eigenvalue weighted by Gasteiger charge is -2.32. The zero-order chi connectivity index (χ0) is 24.3. The largest absolute Gasteiger partial charge is 0.506 e. The van der Waals surface area contributed by atoms with E-state index in [-0.39, 0.29) is 29.9 Å². The van der Waals surface area contributed by atoms with Crippen molar-refractivity contribution < 1.29 is 52.1 Å². The number of nitrogens with one attached hydrogen (secondary N) is 1. The maximum absolute atomic E-state index is 12.1. The van der Waals surface area contributed by atoms with Crippen molar-refractivity contribution in [1.82, 2.24) is 5.32 Å². The predicted octanol–water partition coefficient (Wildman–Crippen LogP) is -0.876. The van der Waals surface area contributed by atoms with Gasteiger partial charge in [-0.3, -0.25) is 9.35 Å². The first-order chi connectivity index (χ1) is 15.5. The zero-order valence-electron chi connectivity index (χ0n) is 16.9. The molecule has 1 aliphatic rings. The highest BCUT2D eigenvalue weighted by Gasteiger charge is 2.38. The Bertz CT molecular complexity index is 1240. The highest BCUT2D eigenvalue weighted by molar-refractivity contribution is 7.85. The fraction of sp³-hybridized carbons (Fsp3) is 0.368. The molecule has 14 heteroatoms. The first-order valence-corrected chi connectivity index (χ1v) is 11.1. The summed E-state index contributed by atoms with van der Waals surface area (Å²) in [6, 6.07) is 5.23. The lowest BCUT2D eigenvalue weighted by Crippen LogP contribution is -2.45. The molecule has 1 amide bonds. The van der Waals surface area contributed by atoms with Gasteiger partial charge in [-0.2, -0.15) is 8.42 Å². The SMILES string of the molecule is O=C(Cc1cc(=O)oc2cc(O[C@@H]3OC(CO)C(O)=C(O)C3O)ccc12)NCCS(=O)(=O)O. The molecule has 0 aliphatic carbocycles. The molecular formula is C19H21NO12S. The molecule has 13 nitrogen and oxygen atoms in total. The van der Waals surface area contributed by atoms with Crippen LogP contribution in [0.15, 0.2) is 45.0 Å². The normalized spacial score (nSPS) is 21.2. The second-order valence-corrected chi connectivity index (χ2v) is 8.64. The van der Waals surface area contributed by atoms with Gasteiger partial charge in [-0.25, -0.2) is 4.79 Å². The van der Waals surface area contributed by atoms with Gasteiger partial charge in [-0.05, 0) is 17.7 Å². The van der Waals surface area contributed by atoms with E-state index in [1.54, 1.807) is 0 Å². The quantitative estimate of drug-likeness (QED) is 0.198. The van der Waals surface area contributed by atoms with Gasteiger partial charge in [0.05, 0.1) is 18.8 Å². The maximum Gasteiger partial charge on any atom is 0.336 e. The van der Waals surface area contributed by atoms with Gasteiger partial charge >= 0.3 is 5.63 Å². The average Bonchev–Trinajstić information content (AvgIpc) is 2.72. The summed E-state index contributed by atoms with van der Waals surface area (Å²) >= 11 is 0. The lowest BCUT2D eigenvalue weighted by atomic mass is 10.1. The minimum Gasteiger partial charge on any atom is -0.506 e. The minimum absolute atomic E-state index is 0.0207. The number of hydrogen-bond acceptors (Lipinski definition) is 11. The van der Waals surface area contributed by atoms with Crippen LogP contribution in [0.2, 0.25) is 0 Å². The van der Waals surface area contributed by atoms with Crippen LogP contribution in [0.4, 0.5) is 0 Å². The highest BCUT2D eigenvalue weighted by atomic mass is 32.2. The third-order valence-corrected chi connectivity index (χ3v) is 5.38. The molecule has 0 fully saturated rings. The second-order valence-electron chi connectivity index (χ2n) is 7.07. The Hall–Kier alpha value is -3.17. The topological polar surface area (TPSA) is 213 Å². The summed E-state index contributed by atoms with van der Waals surface area (Å²) in [5, 5.41) is 41.4. The number of benzene rings is 1. The van der Waals surface area contributed by atoms with Gasteiger partial charge < -0.3 is 39.6 Å². The number of fused-ring (bicyclic) bond motifs is 1. The van der Waals surface area contributed by atoms with E-state index < -0.39 is 64.0 Å². The third-order valence-electron chi connectivity index (χ3n) is 4.66. The van der Waals surface area contributed by atoms with Gasteiger partial charge in [0.1, 0.15) is 17.4 Å². The van der Waals surface area contributed by atoms with Gasteiger partial charge in [0, 0.05) is 24.1 Å². The van der Waals surface area contributed by atoms with Crippen LogP contribution in [-0.4, -0.2) is 76.7 Å². The molecule has 6 N–H and O–H groups in total. The first kappa shape index (κ1) is 24.5. The summed E-state index contributed by atoms with van der Waals surface area (Å²) in [6.07, 6.45) is -4.86. The monoisotopic (exact) mass is 487 g/mol. The van der Waals surface area contributed by atoms with Crippen molar-refractivity contribution in [2.75, 3.05) is 18.9 Å². The van der Waals surface area contributed by atoms with Gasteiger partial charge in [0.2, 0.25) is 12.2 Å². The van der Waals surface area contributed by atoms with Crippen LogP contribution in [0, 0.1) is 0 Å². The first-order valence-electron chi connectivity index (χ1n) is 9.50. The van der Waals surface area contributed by atoms with E-state index in [9.17, 15) is 38.4 Å². The standard InChI is InChI=1S/C19H21NO12S/c21-8-13-16(24)17(25)18(26)19(32-13)30-10-1-2-11-9(6-15(23)31-12(11)7-10)5-14(22)20-3-4-33(27,28)29/h1-2,6-7,13,18-19,21,24-26H,3-5,8H2,(H,20,22)(H,27,28,29)/t13?,18?,19-/m1/s1. The van der Waals surface area contributed by atoms with Crippen LogP contribution in [0.1, 0.15) is 5.56 Å². The Kier molecular flexibility index (Phi) is 7.24. The molecule has 0 saturated heterocycles. The number of aliphatic hydroxyl groups is 4. The van der Waals surface area contributed by atoms with Crippen molar-refractivity contribution in [2.45, 2.75) is 24.9 Å². The molecule has 33 heavy (non-hydrogen) atoms. The van der Waals surface area contributed by atoms with Crippen molar-refractivity contribution in [1.29, 1.82) is 0 Å². The van der Waals surface area contributed by atoms with Crippen LogP contribution < -0.4 is 15.7 Å². The van der Waals surface area contributed by atoms with Crippen molar-refractivity contribution in [3.8, 4) is 5.75 Å². The summed E-state index contributed by atoms with van der Waals surface area (Å²) in [4.78, 5) is 24.0. The Morgan fingerprint density at radius 3 is 2.58 bits per heavy atom. The molecule has 2 aromatic rings. The molecule has 2 heterocycles. The van der Waals surface area contributed by atoms with Crippen LogP contribution in [0.3, 0.4) is 0 Å². The molecule has 0 saturated carbocycles. The third kappa shape index (κ3) is 6.00. The predicted molar refractivity (Wildman–Crippen MR) is 110 cm³/mol. The number of hydrogen-bond donors (Lipinski definition) is 6. The molecule has 3 atom stereocenters. The smallest absolute Gasteiger partial charge is 0.336 e. The van der Waals surface area contributed by atoms with Crippen LogP contribution >= 0.6 is 0 Å². The molecule has 1 aromatic carbocycles. The summed E-state index contributed by atoms with van der Waals surface area (Å²) in [7, 11) is -4.23. The summed E-state index contributed by atoms with van der Waals surface area (Å²) in [6.45, 7) is -1.00. The van der Waals surface area contributed by atoms with Crippen molar-refractivity contribution >= 4 is 27.0 Å². The summed E-state index contributed by atoms with van der Waals surface area (Å²) < 4.78 is 46.0. The Labute approximate surface area is 186 Å². The number of carbonyl (C=O) groups excluding carboxylic acids is 1. The van der Waals surface area contributed by atoms with Crippen LogP contribution in [0.25, 0.3) is 11.0 Å². The van der Waals surface area contributed by atoms with E-state index in [1.165, 1.54) is 18.2 Å². The number of rotatable bonds is 8. The molecule has 3 rings (SSSR count). The van der Waals surface area contributed by atoms with Gasteiger partial charge in [0.25, 0.3) is 10.1 Å². The van der Waals surface area contributed by atoms with E-state index in [0.29, 0.717) is 5.39 Å². The number of ether oxygens (including phenoxy) is 2. The van der Waals surface area contributed by atoms with E-state index >= 15 is 0 Å². The maximum atomic E-state index is 12.1. The highest BCUT2D eigenvalue weighted by Crippen LogP contribution is 2.28. The average molecular weight is 487 g/mol. The van der Waals surface area contributed by atoms with Crippen LogP contribution in [-0.2, 0) is 26.1 Å². The van der Waals surface area contributed by atoms with Crippen LogP contribution in [0.5, 0.6) is 5.75 Å². The molecule has 2 unspecified atom stereocenters. The molecule has 0 spiro atoms. The summed E-state index contributed by atoms with van der Waals surface area (Å²) in [5.74, 6) is -2.77. The van der Waals surface area contributed by atoms with E-state index in [2.05, 4.69) is 5.32 Å². The minimum atomic E-state index is -4.23. The number of aliphatic hydroxyl groups excluding tert-OH is 4. The summed E-state index contributed by atoms with van der Waals surface area (Å²) in [5.41, 5.74) is -0.482. The Morgan fingerprint density at radius 1 is 1.18 bits per heavy atom. The van der Waals surface area contributed by atoms with E-state index in [4.69, 9.17) is 18.4 Å². The molecule has 180 valence electrons. The zero-order valence-corrected chi connectivity index (χ0v) is 17.7. The molecule has 0 bridgehead atoms. The van der Waals surface area contributed by atoms with Crippen molar-refractivity contribution in [2.24, 2.45) is 0 Å². The fourth-order valence-corrected chi connectivity index (χ4v) is 3.45. The van der Waals surface area contributed by atoms with E-state index in [1.807, 2.05) is 0 Å². The second kappa shape index (κ2) is 9.76. The van der Waals surface area contributed by atoms with Crippen molar-refractivity contribution in [3.63, 3.8) is 0 Å². The van der Waals surface area contributed by atoms with Gasteiger partial charge in [-0.1, -0.05) is 0 Å². The van der Waals surface area contributed by atoms with Crippen molar-refractivity contribution in [3.05, 3.63) is 51.8 Å². The van der Waals surface area contributed by atoms with Gasteiger partial charge in [0.15, 0.2) is 17.6 Å². The molecule has 0 radical (unpaired) electrons.